The molecule has 0 amide bonds. The number of nitrogens with one attached hydrogen (secondary N) is 1. The van der Waals surface area contributed by atoms with Crippen LogP contribution in [0, 0.1) is 0 Å². The number of ether oxygens (including phenoxy) is 1. The van der Waals surface area contributed by atoms with E-state index in [1.807, 2.05) is 11.3 Å². The van der Waals surface area contributed by atoms with Gasteiger partial charge >= 0.3 is 0 Å². The molecule has 1 N–H and O–H groups in total. The van der Waals surface area contributed by atoms with Crippen LogP contribution in [-0.2, 0) is 24.1 Å². The molecule has 3 heterocycles. The summed E-state index contributed by atoms with van der Waals surface area (Å²) < 4.78 is 5.43. The molecule has 0 unspecified atom stereocenters. The van der Waals surface area contributed by atoms with E-state index in [0.29, 0.717) is 0 Å². The van der Waals surface area contributed by atoms with Gasteiger partial charge in [-0.15, -0.1) is 11.3 Å². The van der Waals surface area contributed by atoms with Crippen LogP contribution in [0.25, 0.3) is 10.2 Å². The van der Waals surface area contributed by atoms with E-state index in [9.17, 15) is 0 Å². The smallest absolute Gasteiger partial charge is 0.146 e. The number of nitrogens with zero attached hydrogens (tertiary/aromatic N) is 3. The molecular formula is C17H24N4OS. The molecule has 0 atom stereocenters. The van der Waals surface area contributed by atoms with Crippen molar-refractivity contribution >= 4 is 27.4 Å². The van der Waals surface area contributed by atoms with Gasteiger partial charge in [0.1, 0.15) is 16.5 Å². The maximum atomic E-state index is 5.43. The second-order valence-electron chi connectivity index (χ2n) is 6.30. The quantitative estimate of drug-likeness (QED) is 0.933. The number of aromatic nitrogens is 2. The van der Waals surface area contributed by atoms with Gasteiger partial charge in [-0.1, -0.05) is 0 Å². The topological polar surface area (TPSA) is 50.3 Å². The predicted octanol–water partition coefficient (Wildman–Crippen LogP) is 2.83. The molecule has 0 bridgehead atoms. The first-order valence-electron chi connectivity index (χ1n) is 8.70. The van der Waals surface area contributed by atoms with E-state index < -0.39 is 0 Å². The van der Waals surface area contributed by atoms with Crippen LogP contribution in [0.4, 0.5) is 5.82 Å². The van der Waals surface area contributed by atoms with Crippen LogP contribution in [0.1, 0.15) is 36.0 Å². The number of thiophene rings is 1. The van der Waals surface area contributed by atoms with Crippen molar-refractivity contribution in [2.45, 2.75) is 39.2 Å². The average Bonchev–Trinajstić information content (AvgIpc) is 2.94. The summed E-state index contributed by atoms with van der Waals surface area (Å²) in [6, 6.07) is 0. The third-order valence-electron chi connectivity index (χ3n) is 4.67. The Morgan fingerprint density at radius 2 is 2.00 bits per heavy atom. The summed E-state index contributed by atoms with van der Waals surface area (Å²) in [4.78, 5) is 14.9. The van der Waals surface area contributed by atoms with Crippen molar-refractivity contribution in [3.05, 3.63) is 16.3 Å². The van der Waals surface area contributed by atoms with Gasteiger partial charge in [-0.3, -0.25) is 4.90 Å². The number of aryl methyl sites for hydroxylation is 2. The zero-order chi connectivity index (χ0) is 15.6. The number of hydrogen-bond acceptors (Lipinski definition) is 6. The molecule has 2 aromatic rings. The summed E-state index contributed by atoms with van der Waals surface area (Å²) in [6.45, 7) is 7.42. The Morgan fingerprint density at radius 3 is 2.83 bits per heavy atom. The van der Waals surface area contributed by atoms with Gasteiger partial charge in [-0.2, -0.15) is 0 Å². The Balaban J connectivity index is 1.71. The van der Waals surface area contributed by atoms with Crippen LogP contribution >= 0.6 is 11.3 Å². The van der Waals surface area contributed by atoms with E-state index in [1.54, 1.807) is 0 Å². The summed E-state index contributed by atoms with van der Waals surface area (Å²) in [7, 11) is 0. The molecule has 0 radical (unpaired) electrons. The van der Waals surface area contributed by atoms with Crippen LogP contribution in [0.2, 0.25) is 0 Å². The van der Waals surface area contributed by atoms with Crippen LogP contribution in [0.3, 0.4) is 0 Å². The lowest BCUT2D eigenvalue weighted by molar-refractivity contribution is 0.0331. The Kier molecular flexibility index (Phi) is 4.46. The lowest BCUT2D eigenvalue weighted by atomic mass is 9.97. The molecule has 23 heavy (non-hydrogen) atoms. The summed E-state index contributed by atoms with van der Waals surface area (Å²) >= 11 is 1.88. The van der Waals surface area contributed by atoms with Crippen molar-refractivity contribution in [3.8, 4) is 0 Å². The van der Waals surface area contributed by atoms with Crippen molar-refractivity contribution in [3.63, 3.8) is 0 Å². The number of anilines is 1. The summed E-state index contributed by atoms with van der Waals surface area (Å²) in [5, 5.41) is 4.77. The SMILES string of the molecule is CCNc1nc(CN2CCOCC2)nc2sc3c(c12)CCCC3. The highest BCUT2D eigenvalue weighted by Crippen LogP contribution is 2.38. The number of fused-ring (bicyclic) bond motifs is 3. The van der Waals surface area contributed by atoms with Gasteiger partial charge in [0.15, 0.2) is 0 Å². The zero-order valence-electron chi connectivity index (χ0n) is 13.7. The minimum atomic E-state index is 0.815. The van der Waals surface area contributed by atoms with Crippen molar-refractivity contribution < 1.29 is 4.74 Å². The molecule has 1 saturated heterocycles. The Morgan fingerprint density at radius 1 is 1.17 bits per heavy atom. The predicted molar refractivity (Wildman–Crippen MR) is 94.3 cm³/mol. The number of morpholine rings is 1. The van der Waals surface area contributed by atoms with E-state index in [2.05, 4.69) is 17.1 Å². The van der Waals surface area contributed by atoms with Gasteiger partial charge in [0.2, 0.25) is 0 Å². The highest BCUT2D eigenvalue weighted by Gasteiger charge is 2.21. The number of hydrogen-bond donors (Lipinski definition) is 1. The van der Waals surface area contributed by atoms with Crippen molar-refractivity contribution in [2.24, 2.45) is 0 Å². The Labute approximate surface area is 141 Å². The minimum absolute atomic E-state index is 0.815. The minimum Gasteiger partial charge on any atom is -0.379 e. The first-order valence-corrected chi connectivity index (χ1v) is 9.52. The standard InChI is InChI=1S/C17H24N4OS/c1-2-18-16-15-12-5-3-4-6-13(12)23-17(15)20-14(19-16)11-21-7-9-22-10-8-21/h2-11H2,1H3,(H,18,19,20). The largest absolute Gasteiger partial charge is 0.379 e. The van der Waals surface area contributed by atoms with Gasteiger partial charge in [0.25, 0.3) is 0 Å². The molecule has 124 valence electrons. The fraction of sp³-hybridized carbons (Fsp3) is 0.647. The molecule has 0 aromatic carbocycles. The van der Waals surface area contributed by atoms with Crippen LogP contribution in [0.15, 0.2) is 0 Å². The monoisotopic (exact) mass is 332 g/mol. The maximum Gasteiger partial charge on any atom is 0.146 e. The van der Waals surface area contributed by atoms with Gasteiger partial charge < -0.3 is 10.1 Å². The van der Waals surface area contributed by atoms with Gasteiger partial charge in [-0.05, 0) is 38.2 Å². The summed E-state index contributed by atoms with van der Waals surface area (Å²) in [5.74, 6) is 1.98. The Bertz CT molecular complexity index is 693. The van der Waals surface area contributed by atoms with E-state index in [0.717, 1.165) is 51.0 Å². The van der Waals surface area contributed by atoms with Gasteiger partial charge in [-0.25, -0.2) is 9.97 Å². The van der Waals surface area contributed by atoms with Crippen molar-refractivity contribution in [1.29, 1.82) is 0 Å². The first kappa shape index (κ1) is 15.3. The van der Waals surface area contributed by atoms with Crippen molar-refractivity contribution in [1.82, 2.24) is 14.9 Å². The first-order chi connectivity index (χ1) is 11.3. The van der Waals surface area contributed by atoms with E-state index in [4.69, 9.17) is 14.7 Å². The van der Waals surface area contributed by atoms with E-state index >= 15 is 0 Å². The number of rotatable bonds is 4. The van der Waals surface area contributed by atoms with Crippen molar-refractivity contribution in [2.75, 3.05) is 38.2 Å². The fourth-order valence-electron chi connectivity index (χ4n) is 3.53. The molecule has 0 saturated carbocycles. The lowest BCUT2D eigenvalue weighted by Crippen LogP contribution is -2.36. The molecule has 1 fully saturated rings. The molecule has 1 aliphatic heterocycles. The van der Waals surface area contributed by atoms with Crippen LogP contribution in [0.5, 0.6) is 0 Å². The van der Waals surface area contributed by atoms with Gasteiger partial charge in [0.05, 0.1) is 25.1 Å². The van der Waals surface area contributed by atoms with Crippen LogP contribution < -0.4 is 5.32 Å². The molecule has 0 spiro atoms. The summed E-state index contributed by atoms with van der Waals surface area (Å²) in [5.41, 5.74) is 1.50. The molecule has 1 aliphatic carbocycles. The summed E-state index contributed by atoms with van der Waals surface area (Å²) in [6.07, 6.45) is 4.99. The second-order valence-corrected chi connectivity index (χ2v) is 7.38. The normalized spacial score (nSPS) is 19.0. The molecule has 2 aromatic heterocycles. The average molecular weight is 332 g/mol. The fourth-order valence-corrected chi connectivity index (χ4v) is 4.81. The third kappa shape index (κ3) is 3.07. The van der Waals surface area contributed by atoms with E-state index in [-0.39, 0.29) is 0 Å². The molecular weight excluding hydrogens is 308 g/mol. The highest BCUT2D eigenvalue weighted by atomic mass is 32.1. The molecule has 6 heteroatoms. The molecule has 4 rings (SSSR count). The Hall–Kier alpha value is -1.24. The lowest BCUT2D eigenvalue weighted by Gasteiger charge is -2.25. The highest BCUT2D eigenvalue weighted by molar-refractivity contribution is 7.19. The van der Waals surface area contributed by atoms with Crippen LogP contribution in [-0.4, -0.2) is 47.7 Å². The van der Waals surface area contributed by atoms with E-state index in [1.165, 1.54) is 46.3 Å². The van der Waals surface area contributed by atoms with Gasteiger partial charge in [0, 0.05) is 24.5 Å². The zero-order valence-corrected chi connectivity index (χ0v) is 14.5. The maximum absolute atomic E-state index is 5.43. The second kappa shape index (κ2) is 6.71. The molecule has 5 nitrogen and oxygen atoms in total. The molecule has 2 aliphatic rings. The third-order valence-corrected chi connectivity index (χ3v) is 5.86.